The minimum atomic E-state index is -3.30. The monoisotopic (exact) mass is 354 g/mol. The summed E-state index contributed by atoms with van der Waals surface area (Å²) >= 11 is 3.41. The van der Waals surface area contributed by atoms with Crippen molar-refractivity contribution in [2.24, 2.45) is 11.3 Å². The average molecular weight is 355 g/mol. The Balaban J connectivity index is 2.50. The summed E-state index contributed by atoms with van der Waals surface area (Å²) < 4.78 is 28.9. The summed E-state index contributed by atoms with van der Waals surface area (Å²) in [5.74, 6) is 0.465. The van der Waals surface area contributed by atoms with Gasteiger partial charge in [0.05, 0.1) is 0 Å². The van der Waals surface area contributed by atoms with E-state index in [0.717, 1.165) is 31.0 Å². The molecule has 1 rings (SSSR count). The number of halogens is 1. The first kappa shape index (κ1) is 17.4. The Morgan fingerprint density at radius 3 is 2.68 bits per heavy atom. The lowest BCUT2D eigenvalue weighted by molar-refractivity contribution is 0.272. The van der Waals surface area contributed by atoms with Crippen molar-refractivity contribution in [3.05, 3.63) is 0 Å². The summed E-state index contributed by atoms with van der Waals surface area (Å²) in [7, 11) is -3.30. The van der Waals surface area contributed by atoms with Gasteiger partial charge in [0.25, 0.3) is 10.2 Å². The van der Waals surface area contributed by atoms with Crippen LogP contribution in [0.2, 0.25) is 0 Å². The number of nitrogens with one attached hydrogen (secondary N) is 1. The summed E-state index contributed by atoms with van der Waals surface area (Å²) in [4.78, 5) is 0. The lowest BCUT2D eigenvalue weighted by atomic mass is 9.88. The van der Waals surface area contributed by atoms with Crippen LogP contribution in [0.4, 0.5) is 0 Å². The maximum atomic E-state index is 12.3. The fraction of sp³-hybridized carbons (Fsp3) is 1.00. The number of hydrogen-bond donors (Lipinski definition) is 1. The Morgan fingerprint density at radius 1 is 1.42 bits per heavy atom. The van der Waals surface area contributed by atoms with Crippen molar-refractivity contribution >= 4 is 26.1 Å². The molecule has 1 fully saturated rings. The summed E-state index contributed by atoms with van der Waals surface area (Å²) in [5, 5.41) is 0.965. The van der Waals surface area contributed by atoms with Crippen LogP contribution in [-0.4, -0.2) is 37.7 Å². The van der Waals surface area contributed by atoms with Crippen molar-refractivity contribution < 1.29 is 8.42 Å². The highest BCUT2D eigenvalue weighted by molar-refractivity contribution is 9.09. The van der Waals surface area contributed by atoms with E-state index >= 15 is 0 Å². The third-order valence-electron chi connectivity index (χ3n) is 3.68. The molecule has 0 radical (unpaired) electrons. The zero-order valence-corrected chi connectivity index (χ0v) is 14.7. The number of rotatable bonds is 7. The molecule has 1 aliphatic rings. The second kappa shape index (κ2) is 7.38. The molecular weight excluding hydrogens is 328 g/mol. The van der Waals surface area contributed by atoms with Gasteiger partial charge < -0.3 is 0 Å². The van der Waals surface area contributed by atoms with Gasteiger partial charge in [-0.15, -0.1) is 0 Å². The van der Waals surface area contributed by atoms with Crippen LogP contribution in [0.3, 0.4) is 0 Å². The molecule has 1 unspecified atom stereocenters. The topological polar surface area (TPSA) is 49.4 Å². The molecule has 0 saturated carbocycles. The van der Waals surface area contributed by atoms with Gasteiger partial charge in [0.15, 0.2) is 0 Å². The smallest absolute Gasteiger partial charge is 0.202 e. The Labute approximate surface area is 126 Å². The van der Waals surface area contributed by atoms with Gasteiger partial charge in [0, 0.05) is 25.0 Å². The van der Waals surface area contributed by atoms with Crippen molar-refractivity contribution in [1.29, 1.82) is 0 Å². The Morgan fingerprint density at radius 2 is 2.11 bits per heavy atom. The lowest BCUT2D eigenvalue weighted by Gasteiger charge is -2.32. The molecule has 6 heteroatoms. The Hall–Kier alpha value is 0.350. The Bertz CT molecular complexity index is 371. The Kier molecular flexibility index (Phi) is 6.76. The van der Waals surface area contributed by atoms with Crippen LogP contribution in [0.5, 0.6) is 0 Å². The standard InChI is InChI=1S/C13H27BrN2O2S/c1-12-6-4-9-16(10-12)19(17,18)15-11-13(2,3)7-5-8-14/h12,15H,4-11H2,1-3H3. The zero-order valence-electron chi connectivity index (χ0n) is 12.3. The number of alkyl halides is 1. The molecule has 0 aromatic carbocycles. The first-order valence-electron chi connectivity index (χ1n) is 7.07. The van der Waals surface area contributed by atoms with Gasteiger partial charge in [-0.3, -0.25) is 0 Å². The first-order chi connectivity index (χ1) is 8.77. The molecule has 19 heavy (non-hydrogen) atoms. The van der Waals surface area contributed by atoms with Gasteiger partial charge in [-0.05, 0) is 37.0 Å². The number of piperidine rings is 1. The van der Waals surface area contributed by atoms with Crippen molar-refractivity contribution in [1.82, 2.24) is 9.03 Å². The van der Waals surface area contributed by atoms with Crippen molar-refractivity contribution in [3.63, 3.8) is 0 Å². The van der Waals surface area contributed by atoms with E-state index in [-0.39, 0.29) is 5.41 Å². The van der Waals surface area contributed by atoms with Crippen LogP contribution in [0, 0.1) is 11.3 Å². The van der Waals surface area contributed by atoms with E-state index in [2.05, 4.69) is 41.4 Å². The van der Waals surface area contributed by atoms with Gasteiger partial charge in [0.1, 0.15) is 0 Å². The fourth-order valence-electron chi connectivity index (χ4n) is 2.38. The van der Waals surface area contributed by atoms with E-state index in [1.807, 2.05) is 0 Å². The van der Waals surface area contributed by atoms with Crippen LogP contribution >= 0.6 is 15.9 Å². The predicted molar refractivity (Wildman–Crippen MR) is 83.7 cm³/mol. The number of nitrogens with zero attached hydrogens (tertiary/aromatic N) is 1. The minimum Gasteiger partial charge on any atom is -0.202 e. The molecule has 1 saturated heterocycles. The maximum Gasteiger partial charge on any atom is 0.279 e. The SMILES string of the molecule is CC1CCCN(S(=O)(=O)NCC(C)(C)CCCBr)C1. The van der Waals surface area contributed by atoms with E-state index in [1.165, 1.54) is 0 Å². The van der Waals surface area contributed by atoms with Gasteiger partial charge in [-0.1, -0.05) is 36.7 Å². The van der Waals surface area contributed by atoms with Crippen LogP contribution in [0.1, 0.15) is 46.5 Å². The predicted octanol–water partition coefficient (Wildman–Crippen LogP) is 2.75. The highest BCUT2D eigenvalue weighted by Crippen LogP contribution is 2.23. The molecule has 1 aliphatic heterocycles. The summed E-state index contributed by atoms with van der Waals surface area (Å²) in [6.45, 7) is 8.14. The molecule has 0 bridgehead atoms. The van der Waals surface area contributed by atoms with E-state index < -0.39 is 10.2 Å². The van der Waals surface area contributed by atoms with Gasteiger partial charge in [0.2, 0.25) is 0 Å². The van der Waals surface area contributed by atoms with Gasteiger partial charge in [-0.2, -0.15) is 12.7 Å². The second-order valence-electron chi connectivity index (χ2n) is 6.39. The van der Waals surface area contributed by atoms with Crippen LogP contribution in [0.25, 0.3) is 0 Å². The summed E-state index contributed by atoms with van der Waals surface area (Å²) in [6.07, 6.45) is 4.17. The molecule has 114 valence electrons. The lowest BCUT2D eigenvalue weighted by Crippen LogP contribution is -2.47. The second-order valence-corrected chi connectivity index (χ2v) is 8.94. The highest BCUT2D eigenvalue weighted by atomic mass is 79.9. The highest BCUT2D eigenvalue weighted by Gasteiger charge is 2.28. The fourth-order valence-corrected chi connectivity index (χ4v) is 4.23. The molecule has 0 aliphatic carbocycles. The van der Waals surface area contributed by atoms with Crippen LogP contribution in [-0.2, 0) is 10.2 Å². The van der Waals surface area contributed by atoms with Gasteiger partial charge >= 0.3 is 0 Å². The van der Waals surface area contributed by atoms with Crippen molar-refractivity contribution in [3.8, 4) is 0 Å². The number of hydrogen-bond acceptors (Lipinski definition) is 2. The van der Waals surface area contributed by atoms with Gasteiger partial charge in [-0.25, -0.2) is 4.72 Å². The third kappa shape index (κ3) is 6.10. The molecule has 0 amide bonds. The normalized spacial score (nSPS) is 22.6. The largest absolute Gasteiger partial charge is 0.279 e. The van der Waals surface area contributed by atoms with Crippen molar-refractivity contribution in [2.45, 2.75) is 46.5 Å². The summed E-state index contributed by atoms with van der Waals surface area (Å²) in [6, 6.07) is 0. The molecule has 4 nitrogen and oxygen atoms in total. The quantitative estimate of drug-likeness (QED) is 0.714. The molecule has 0 aromatic heterocycles. The van der Waals surface area contributed by atoms with Crippen LogP contribution in [0.15, 0.2) is 0 Å². The van der Waals surface area contributed by atoms with E-state index in [0.29, 0.717) is 25.6 Å². The summed E-state index contributed by atoms with van der Waals surface area (Å²) in [5.41, 5.74) is 0.00223. The molecule has 0 aromatic rings. The molecule has 1 N–H and O–H groups in total. The molecule has 0 spiro atoms. The maximum absolute atomic E-state index is 12.3. The molecular formula is C13H27BrN2O2S. The average Bonchev–Trinajstić information content (AvgIpc) is 2.34. The first-order valence-corrected chi connectivity index (χ1v) is 9.64. The zero-order chi connectivity index (χ0) is 14.5. The molecule has 1 heterocycles. The minimum absolute atomic E-state index is 0.00223. The van der Waals surface area contributed by atoms with E-state index in [4.69, 9.17) is 0 Å². The van der Waals surface area contributed by atoms with Crippen molar-refractivity contribution in [2.75, 3.05) is 25.0 Å². The van der Waals surface area contributed by atoms with E-state index in [1.54, 1.807) is 4.31 Å². The van der Waals surface area contributed by atoms with Crippen LogP contribution < -0.4 is 4.72 Å². The van der Waals surface area contributed by atoms with E-state index in [9.17, 15) is 8.42 Å². The molecule has 1 atom stereocenters. The third-order valence-corrected chi connectivity index (χ3v) is 5.76.